The van der Waals surface area contributed by atoms with E-state index in [2.05, 4.69) is 11.8 Å². The first-order valence-corrected chi connectivity index (χ1v) is 5.88. The predicted molar refractivity (Wildman–Crippen MR) is 57.4 cm³/mol. The van der Waals surface area contributed by atoms with Crippen molar-refractivity contribution in [3.8, 4) is 0 Å². The molecule has 3 aliphatic rings. The second kappa shape index (κ2) is 4.10. The quantitative estimate of drug-likeness (QED) is 0.491. The molecule has 1 atom stereocenters. The van der Waals surface area contributed by atoms with Crippen LogP contribution in [0.5, 0.6) is 0 Å². The van der Waals surface area contributed by atoms with Crippen LogP contribution < -0.4 is 0 Å². The maximum absolute atomic E-state index is 11.8. The number of quaternary nitrogens is 1. The molecule has 3 aliphatic heterocycles. The summed E-state index contributed by atoms with van der Waals surface area (Å²) in [5, 5.41) is 0. The minimum absolute atomic E-state index is 0.0205. The van der Waals surface area contributed by atoms with Crippen molar-refractivity contribution in [2.45, 2.75) is 19.4 Å². The van der Waals surface area contributed by atoms with E-state index in [0.29, 0.717) is 0 Å². The highest BCUT2D eigenvalue weighted by Gasteiger charge is 2.46. The van der Waals surface area contributed by atoms with E-state index in [1.54, 1.807) is 0 Å². The molecule has 15 heavy (non-hydrogen) atoms. The van der Waals surface area contributed by atoms with Gasteiger partial charge in [-0.3, -0.25) is 4.90 Å². The Labute approximate surface area is 91.4 Å². The number of methoxy groups -OCH3 is 1. The molecular formula is C11H21N2O2+. The van der Waals surface area contributed by atoms with E-state index < -0.39 is 0 Å². The minimum atomic E-state index is -0.0205. The first-order chi connectivity index (χ1) is 7.22. The number of piperazine rings is 3. The lowest BCUT2D eigenvalue weighted by Gasteiger charge is -2.53. The van der Waals surface area contributed by atoms with Gasteiger partial charge in [0.25, 0.3) is 0 Å². The molecule has 0 aliphatic carbocycles. The monoisotopic (exact) mass is 213 g/mol. The number of rotatable bonds is 3. The molecule has 0 aromatic carbocycles. The highest BCUT2D eigenvalue weighted by molar-refractivity contribution is 5.74. The fraction of sp³-hybridized carbons (Fsp3) is 0.909. The first-order valence-electron chi connectivity index (χ1n) is 5.88. The van der Waals surface area contributed by atoms with E-state index in [1.807, 2.05) is 0 Å². The van der Waals surface area contributed by atoms with Gasteiger partial charge in [-0.25, -0.2) is 4.79 Å². The summed E-state index contributed by atoms with van der Waals surface area (Å²) in [7, 11) is 1.50. The average Bonchev–Trinajstić information content (AvgIpc) is 2.31. The molecule has 0 aromatic heterocycles. The normalized spacial score (nSPS) is 36.3. The molecule has 0 amide bonds. The van der Waals surface area contributed by atoms with Gasteiger partial charge in [0.1, 0.15) is 0 Å². The van der Waals surface area contributed by atoms with Crippen LogP contribution in [0.1, 0.15) is 13.3 Å². The van der Waals surface area contributed by atoms with Crippen molar-refractivity contribution in [3.05, 3.63) is 0 Å². The fourth-order valence-corrected chi connectivity index (χ4v) is 3.07. The van der Waals surface area contributed by atoms with Crippen LogP contribution in [0.2, 0.25) is 0 Å². The Hall–Kier alpha value is -0.610. The van der Waals surface area contributed by atoms with E-state index in [-0.39, 0.29) is 12.0 Å². The Balaban J connectivity index is 2.14. The number of carbonyl (C=O) groups excluding carboxylic acids is 1. The molecule has 2 bridgehead atoms. The number of ether oxygens (including phenoxy) is 1. The van der Waals surface area contributed by atoms with Gasteiger partial charge in [0.05, 0.1) is 26.7 Å². The number of hydrogen-bond donors (Lipinski definition) is 0. The predicted octanol–water partition coefficient (Wildman–Crippen LogP) is 0.0840. The average molecular weight is 213 g/mol. The van der Waals surface area contributed by atoms with Crippen LogP contribution in [-0.4, -0.2) is 67.8 Å². The third-order valence-electron chi connectivity index (χ3n) is 4.11. The summed E-state index contributed by atoms with van der Waals surface area (Å²) >= 11 is 0. The van der Waals surface area contributed by atoms with Gasteiger partial charge in [0.2, 0.25) is 0 Å². The smallest absolute Gasteiger partial charge is 0.364 e. The first kappa shape index (κ1) is 10.9. The summed E-state index contributed by atoms with van der Waals surface area (Å²) in [5.41, 5.74) is 0. The topological polar surface area (TPSA) is 29.5 Å². The lowest BCUT2D eigenvalue weighted by Crippen LogP contribution is -2.72. The number of esters is 1. The van der Waals surface area contributed by atoms with Crippen LogP contribution in [0.25, 0.3) is 0 Å². The van der Waals surface area contributed by atoms with Gasteiger partial charge in [-0.2, -0.15) is 0 Å². The van der Waals surface area contributed by atoms with Crippen molar-refractivity contribution in [3.63, 3.8) is 0 Å². The Morgan fingerprint density at radius 3 is 2.27 bits per heavy atom. The zero-order chi connectivity index (χ0) is 10.9. The minimum Gasteiger partial charge on any atom is -0.465 e. The van der Waals surface area contributed by atoms with Crippen LogP contribution in [0, 0.1) is 0 Å². The summed E-state index contributed by atoms with van der Waals surface area (Å²) in [6.45, 7) is 8.89. The number of nitrogens with zero attached hydrogens (tertiary/aromatic N) is 2. The third kappa shape index (κ3) is 1.76. The molecule has 0 aromatic rings. The van der Waals surface area contributed by atoms with Crippen LogP contribution >= 0.6 is 0 Å². The van der Waals surface area contributed by atoms with E-state index in [0.717, 1.165) is 50.2 Å². The van der Waals surface area contributed by atoms with Crippen LogP contribution in [0.4, 0.5) is 0 Å². The van der Waals surface area contributed by atoms with E-state index in [4.69, 9.17) is 4.74 Å². The molecule has 3 saturated heterocycles. The molecule has 86 valence electrons. The molecule has 3 heterocycles. The maximum atomic E-state index is 11.8. The standard InChI is InChI=1S/C11H21N2O2/c1-3-10(11(14)15-2)13-7-4-12(5-8-13)6-9-13/h10H,3-9H2,1-2H3/q+1. The van der Waals surface area contributed by atoms with Gasteiger partial charge in [-0.05, 0) is 0 Å². The molecule has 0 saturated carbocycles. The zero-order valence-corrected chi connectivity index (χ0v) is 9.74. The lowest BCUT2D eigenvalue weighted by molar-refractivity contribution is -0.955. The van der Waals surface area contributed by atoms with Crippen molar-refractivity contribution in [1.82, 2.24) is 4.90 Å². The zero-order valence-electron chi connectivity index (χ0n) is 9.74. The highest BCUT2D eigenvalue weighted by Crippen LogP contribution is 2.25. The summed E-state index contributed by atoms with van der Waals surface area (Å²) < 4.78 is 5.90. The van der Waals surface area contributed by atoms with Crippen molar-refractivity contribution in [2.24, 2.45) is 0 Å². The van der Waals surface area contributed by atoms with Crippen molar-refractivity contribution in [1.29, 1.82) is 0 Å². The SMILES string of the molecule is CCC(C(=O)OC)[N+]12CCN(CC1)CC2. The molecule has 0 spiro atoms. The number of hydrogen-bond acceptors (Lipinski definition) is 3. The van der Waals surface area contributed by atoms with Crippen LogP contribution in [-0.2, 0) is 9.53 Å². The summed E-state index contributed by atoms with van der Waals surface area (Å²) in [4.78, 5) is 14.3. The molecule has 4 nitrogen and oxygen atoms in total. The molecule has 3 fully saturated rings. The molecule has 3 rings (SSSR count). The molecule has 4 heteroatoms. The Bertz CT molecular complexity index is 233. The Morgan fingerprint density at radius 1 is 1.33 bits per heavy atom. The fourth-order valence-electron chi connectivity index (χ4n) is 3.07. The van der Waals surface area contributed by atoms with Crippen molar-refractivity contribution >= 4 is 5.97 Å². The van der Waals surface area contributed by atoms with Gasteiger partial charge >= 0.3 is 5.97 Å². The second-order valence-electron chi connectivity index (χ2n) is 4.68. The van der Waals surface area contributed by atoms with Gasteiger partial charge in [0.15, 0.2) is 6.04 Å². The lowest BCUT2D eigenvalue weighted by atomic mass is 10.0. The van der Waals surface area contributed by atoms with Crippen LogP contribution in [0.15, 0.2) is 0 Å². The van der Waals surface area contributed by atoms with Crippen molar-refractivity contribution in [2.75, 3.05) is 46.4 Å². The van der Waals surface area contributed by atoms with Crippen molar-refractivity contribution < 1.29 is 14.0 Å². The van der Waals surface area contributed by atoms with Gasteiger partial charge in [-0.15, -0.1) is 0 Å². The summed E-state index contributed by atoms with van der Waals surface area (Å²) in [5.74, 6) is -0.0205. The molecule has 0 N–H and O–H groups in total. The largest absolute Gasteiger partial charge is 0.465 e. The highest BCUT2D eigenvalue weighted by atomic mass is 16.5. The summed E-state index contributed by atoms with van der Waals surface area (Å²) in [6.07, 6.45) is 0.896. The molecule has 0 radical (unpaired) electrons. The van der Waals surface area contributed by atoms with E-state index in [9.17, 15) is 4.79 Å². The Kier molecular flexibility index (Phi) is 2.98. The van der Waals surface area contributed by atoms with Gasteiger partial charge < -0.3 is 9.22 Å². The summed E-state index contributed by atoms with van der Waals surface area (Å²) in [6, 6.07) is 0.0671. The maximum Gasteiger partial charge on any atom is 0.364 e. The number of carbonyl (C=O) groups is 1. The molecule has 1 unspecified atom stereocenters. The third-order valence-corrected chi connectivity index (χ3v) is 4.11. The second-order valence-corrected chi connectivity index (χ2v) is 4.68. The molecular weight excluding hydrogens is 192 g/mol. The van der Waals surface area contributed by atoms with Gasteiger partial charge in [-0.1, -0.05) is 6.92 Å². The van der Waals surface area contributed by atoms with E-state index in [1.165, 1.54) is 7.11 Å². The van der Waals surface area contributed by atoms with E-state index >= 15 is 0 Å². The van der Waals surface area contributed by atoms with Gasteiger partial charge in [0, 0.05) is 26.1 Å². The Morgan fingerprint density at radius 2 is 1.87 bits per heavy atom. The number of fused-ring (bicyclic) bond motifs is 3. The van der Waals surface area contributed by atoms with Crippen LogP contribution in [0.3, 0.4) is 0 Å².